The number of fused-ring (bicyclic) bond motifs is 1. The van der Waals surface area contributed by atoms with Gasteiger partial charge in [-0.3, -0.25) is 4.55 Å². The van der Waals surface area contributed by atoms with Crippen LogP contribution in [-0.4, -0.2) is 13.0 Å². The standard InChI is InChI=1S/C10H8O4S.Ni.H2/c11-9-5-1-4-8-7(9)3-2-6-10(8)15(12,13)14;;/h1-6,11H,(H,12,13,14);;1H/p-1. The van der Waals surface area contributed by atoms with E-state index in [1.165, 1.54) is 36.4 Å². The normalized spacial score (nSPS) is 11.1. The molecule has 2 rings (SSSR count). The van der Waals surface area contributed by atoms with Crippen molar-refractivity contribution in [2.45, 2.75) is 4.90 Å². The van der Waals surface area contributed by atoms with Crippen LogP contribution in [0.15, 0.2) is 41.3 Å². The van der Waals surface area contributed by atoms with Gasteiger partial charge in [-0.15, -0.1) is 5.75 Å². The summed E-state index contributed by atoms with van der Waals surface area (Å²) >= 11 is 0. The summed E-state index contributed by atoms with van der Waals surface area (Å²) < 4.78 is 31.0. The fraction of sp³-hybridized carbons (Fsp3) is 0. The maximum Gasteiger partial charge on any atom is 0.295 e. The van der Waals surface area contributed by atoms with Crippen LogP contribution in [0.1, 0.15) is 1.43 Å². The van der Waals surface area contributed by atoms with Crippen LogP contribution in [0.25, 0.3) is 10.8 Å². The van der Waals surface area contributed by atoms with Crippen molar-refractivity contribution in [3.63, 3.8) is 0 Å². The molecule has 0 aromatic heterocycles. The molecule has 2 aromatic rings. The zero-order valence-corrected chi connectivity index (χ0v) is 9.66. The van der Waals surface area contributed by atoms with Gasteiger partial charge in [0.25, 0.3) is 10.1 Å². The number of benzene rings is 2. The molecular formula is C10H9NiO4S-. The second-order valence-corrected chi connectivity index (χ2v) is 4.47. The van der Waals surface area contributed by atoms with Gasteiger partial charge < -0.3 is 5.11 Å². The van der Waals surface area contributed by atoms with E-state index in [0.29, 0.717) is 0 Å². The van der Waals surface area contributed by atoms with E-state index in [1.807, 2.05) is 0 Å². The van der Waals surface area contributed by atoms with Crippen LogP contribution >= 0.6 is 0 Å². The van der Waals surface area contributed by atoms with Crippen LogP contribution in [-0.2, 0) is 26.6 Å². The van der Waals surface area contributed by atoms with Crippen LogP contribution in [0.2, 0.25) is 0 Å². The van der Waals surface area contributed by atoms with Gasteiger partial charge in [-0.25, -0.2) is 0 Å². The van der Waals surface area contributed by atoms with Crippen LogP contribution in [0.5, 0.6) is 5.75 Å². The minimum atomic E-state index is -4.29. The Bertz CT molecular complexity index is 627. The van der Waals surface area contributed by atoms with Gasteiger partial charge in [0.05, 0.1) is 0 Å². The van der Waals surface area contributed by atoms with Crippen molar-refractivity contribution in [2.75, 3.05) is 0 Å². The Kier molecular flexibility index (Phi) is 3.58. The molecule has 0 unspecified atom stereocenters. The van der Waals surface area contributed by atoms with E-state index in [1.54, 1.807) is 0 Å². The van der Waals surface area contributed by atoms with E-state index in [-0.39, 0.29) is 39.3 Å². The van der Waals surface area contributed by atoms with Crippen molar-refractivity contribution in [3.8, 4) is 5.75 Å². The van der Waals surface area contributed by atoms with Crippen LogP contribution < -0.4 is 5.11 Å². The first kappa shape index (κ1) is 13.0. The quantitative estimate of drug-likeness (QED) is 0.634. The summed E-state index contributed by atoms with van der Waals surface area (Å²) in [7, 11) is -4.29. The second kappa shape index (κ2) is 4.41. The van der Waals surface area contributed by atoms with Crippen LogP contribution in [0.4, 0.5) is 0 Å². The molecule has 90 valence electrons. The van der Waals surface area contributed by atoms with Crippen molar-refractivity contribution in [1.82, 2.24) is 0 Å². The average molecular weight is 284 g/mol. The molecule has 4 nitrogen and oxygen atoms in total. The minimum absolute atomic E-state index is 0. The van der Waals surface area contributed by atoms with E-state index < -0.39 is 10.1 Å². The van der Waals surface area contributed by atoms with E-state index >= 15 is 0 Å². The molecule has 0 atom stereocenters. The summed E-state index contributed by atoms with van der Waals surface area (Å²) in [6.45, 7) is 0. The van der Waals surface area contributed by atoms with Gasteiger partial charge in [0.2, 0.25) is 0 Å². The van der Waals surface area contributed by atoms with Crippen molar-refractivity contribution >= 4 is 20.9 Å². The Balaban J connectivity index is 0.00000128. The molecule has 0 fully saturated rings. The van der Waals surface area contributed by atoms with Gasteiger partial charge >= 0.3 is 0 Å². The summed E-state index contributed by atoms with van der Waals surface area (Å²) in [6, 6.07) is 8.49. The van der Waals surface area contributed by atoms with E-state index in [4.69, 9.17) is 4.55 Å². The smallest absolute Gasteiger partial charge is 0.295 e. The predicted molar refractivity (Wildman–Crippen MR) is 55.3 cm³/mol. The zero-order chi connectivity index (χ0) is 11.1. The molecule has 1 N–H and O–H groups in total. The zero-order valence-electron chi connectivity index (χ0n) is 7.86. The molecule has 0 aliphatic rings. The first-order valence-electron chi connectivity index (χ1n) is 4.16. The summed E-state index contributed by atoms with van der Waals surface area (Å²) in [6.07, 6.45) is 0. The largest absolute Gasteiger partial charge is 0.872 e. The topological polar surface area (TPSA) is 77.4 Å². The third-order valence-corrected chi connectivity index (χ3v) is 3.03. The molecule has 0 saturated carbocycles. The monoisotopic (exact) mass is 283 g/mol. The van der Waals surface area contributed by atoms with Crippen molar-refractivity contribution in [2.24, 2.45) is 0 Å². The molecule has 0 bridgehead atoms. The third-order valence-electron chi connectivity index (χ3n) is 2.12. The van der Waals surface area contributed by atoms with Gasteiger partial charge in [0.1, 0.15) is 4.90 Å². The van der Waals surface area contributed by atoms with Gasteiger partial charge in [-0.1, -0.05) is 30.3 Å². The fourth-order valence-corrected chi connectivity index (χ4v) is 2.18. The Labute approximate surface area is 104 Å². The molecular weight excluding hydrogens is 275 g/mol. The van der Waals surface area contributed by atoms with E-state index in [0.717, 1.165) is 0 Å². The van der Waals surface area contributed by atoms with E-state index in [9.17, 15) is 13.5 Å². The number of rotatable bonds is 1. The Morgan fingerprint density at radius 3 is 2.25 bits per heavy atom. The molecule has 0 amide bonds. The van der Waals surface area contributed by atoms with Crippen LogP contribution in [0.3, 0.4) is 0 Å². The fourth-order valence-electron chi connectivity index (χ4n) is 1.48. The van der Waals surface area contributed by atoms with Crippen molar-refractivity contribution in [3.05, 3.63) is 36.4 Å². The first-order chi connectivity index (χ1) is 7.00. The molecule has 0 aliphatic carbocycles. The Morgan fingerprint density at radius 1 is 1.06 bits per heavy atom. The summed E-state index contributed by atoms with van der Waals surface area (Å²) in [5.74, 6) is -0.266. The molecule has 0 radical (unpaired) electrons. The van der Waals surface area contributed by atoms with Gasteiger partial charge in [0.15, 0.2) is 0 Å². The SMILES string of the molecule is O=S(=O)(O)c1cccc2c([O-])cccc12.[HH].[Ni]. The summed E-state index contributed by atoms with van der Waals surface area (Å²) in [5.41, 5.74) is 0. The maximum absolute atomic E-state index is 11.4. The summed E-state index contributed by atoms with van der Waals surface area (Å²) in [5, 5.41) is 11.9. The van der Waals surface area contributed by atoms with E-state index in [2.05, 4.69) is 0 Å². The molecule has 16 heavy (non-hydrogen) atoms. The Morgan fingerprint density at radius 2 is 1.62 bits per heavy atom. The third kappa shape index (κ3) is 2.19. The predicted octanol–water partition coefficient (Wildman–Crippen LogP) is 1.40. The first-order valence-corrected chi connectivity index (χ1v) is 5.60. The average Bonchev–Trinajstić information content (AvgIpc) is 2.16. The molecule has 0 aliphatic heterocycles. The molecule has 0 heterocycles. The minimum Gasteiger partial charge on any atom is -0.872 e. The molecule has 2 aromatic carbocycles. The van der Waals surface area contributed by atoms with Gasteiger partial charge in [-0.2, -0.15) is 8.42 Å². The molecule has 0 saturated heterocycles. The van der Waals surface area contributed by atoms with Gasteiger partial charge in [-0.05, 0) is 11.5 Å². The van der Waals surface area contributed by atoms with Crippen molar-refractivity contribution < 1.29 is 36.0 Å². The molecule has 6 heteroatoms. The number of hydrogen-bond acceptors (Lipinski definition) is 3. The van der Waals surface area contributed by atoms with Gasteiger partial charge in [0, 0.05) is 23.3 Å². The molecule has 0 spiro atoms. The number of hydrogen-bond donors (Lipinski definition) is 1. The van der Waals surface area contributed by atoms with Crippen molar-refractivity contribution in [1.29, 1.82) is 0 Å². The second-order valence-electron chi connectivity index (χ2n) is 3.08. The Hall–Kier alpha value is -1.10. The maximum atomic E-state index is 11.4. The summed E-state index contributed by atoms with van der Waals surface area (Å²) in [4.78, 5) is -0.238. The van der Waals surface area contributed by atoms with Crippen LogP contribution in [0, 0.1) is 0 Å².